The first-order valence-corrected chi connectivity index (χ1v) is 7.85. The molecule has 0 saturated heterocycles. The van der Waals surface area contributed by atoms with E-state index in [1.165, 1.54) is 22.9 Å². The lowest BCUT2D eigenvalue weighted by atomic mass is 9.95. The minimum atomic E-state index is -0.417. The standard InChI is InChI=1S/C16H13FN2OS/c17-11-7-3-1-5-9(11)14-13-10-6-2-4-8-12(10)21-15(13)19-16(20)18-14/h1,3,5,7H,2,4,6,8H2,(H,18,19,20). The highest BCUT2D eigenvalue weighted by Gasteiger charge is 2.21. The van der Waals surface area contributed by atoms with Crippen molar-refractivity contribution in [3.63, 3.8) is 0 Å². The molecule has 3 aromatic rings. The molecule has 0 fully saturated rings. The Labute approximate surface area is 124 Å². The van der Waals surface area contributed by atoms with Crippen molar-refractivity contribution in [1.82, 2.24) is 9.97 Å². The normalized spacial score (nSPS) is 14.3. The second kappa shape index (κ2) is 4.77. The van der Waals surface area contributed by atoms with Gasteiger partial charge >= 0.3 is 5.69 Å². The number of nitrogens with zero attached hydrogens (tertiary/aromatic N) is 1. The molecule has 106 valence electrons. The predicted molar refractivity (Wildman–Crippen MR) is 82.3 cm³/mol. The zero-order valence-corrected chi connectivity index (χ0v) is 12.1. The third kappa shape index (κ3) is 2.00. The molecule has 4 rings (SSSR count). The summed E-state index contributed by atoms with van der Waals surface area (Å²) in [4.78, 5) is 20.7. The fourth-order valence-corrected chi connectivity index (χ4v) is 4.31. The van der Waals surface area contributed by atoms with E-state index in [1.807, 2.05) is 0 Å². The van der Waals surface area contributed by atoms with Gasteiger partial charge in [0.05, 0.1) is 5.69 Å². The van der Waals surface area contributed by atoms with Gasteiger partial charge in [0.25, 0.3) is 0 Å². The number of thiophene rings is 1. The molecule has 1 N–H and O–H groups in total. The largest absolute Gasteiger partial charge is 0.346 e. The molecular formula is C16H13FN2OS. The molecule has 1 aromatic carbocycles. The zero-order chi connectivity index (χ0) is 14.4. The average Bonchev–Trinajstić information content (AvgIpc) is 2.85. The van der Waals surface area contributed by atoms with Gasteiger partial charge in [0.1, 0.15) is 10.6 Å². The number of nitrogens with one attached hydrogen (secondary N) is 1. The van der Waals surface area contributed by atoms with Crippen LogP contribution in [0.5, 0.6) is 0 Å². The maximum Gasteiger partial charge on any atom is 0.346 e. The zero-order valence-electron chi connectivity index (χ0n) is 11.3. The fraction of sp³-hybridized carbons (Fsp3) is 0.250. The minimum absolute atomic E-state index is 0.323. The quantitative estimate of drug-likeness (QED) is 0.745. The third-order valence-corrected chi connectivity index (χ3v) is 5.17. The first-order chi connectivity index (χ1) is 10.2. The van der Waals surface area contributed by atoms with Crippen molar-refractivity contribution in [2.75, 3.05) is 0 Å². The van der Waals surface area contributed by atoms with E-state index in [0.29, 0.717) is 11.3 Å². The van der Waals surface area contributed by atoms with E-state index in [0.717, 1.165) is 29.5 Å². The molecule has 2 aromatic heterocycles. The molecule has 0 unspecified atom stereocenters. The summed E-state index contributed by atoms with van der Waals surface area (Å²) in [6, 6.07) is 6.55. The predicted octanol–water partition coefficient (Wildman–Crippen LogP) is 3.67. The van der Waals surface area contributed by atoms with Crippen LogP contribution in [0.3, 0.4) is 0 Å². The third-order valence-electron chi connectivity index (χ3n) is 3.98. The van der Waals surface area contributed by atoms with Crippen LogP contribution in [0, 0.1) is 5.82 Å². The van der Waals surface area contributed by atoms with Gasteiger partial charge in [-0.05, 0) is 43.4 Å². The Morgan fingerprint density at radius 1 is 1.19 bits per heavy atom. The molecule has 0 saturated carbocycles. The summed E-state index contributed by atoms with van der Waals surface area (Å²) in [6.45, 7) is 0. The Hall–Kier alpha value is -2.01. The number of H-pyrrole nitrogens is 1. The maximum atomic E-state index is 14.1. The van der Waals surface area contributed by atoms with Crippen LogP contribution < -0.4 is 5.69 Å². The fourth-order valence-electron chi connectivity index (χ4n) is 3.04. The summed E-state index contributed by atoms with van der Waals surface area (Å²) in [6.07, 6.45) is 4.31. The van der Waals surface area contributed by atoms with Gasteiger partial charge in [0.2, 0.25) is 0 Å². The van der Waals surface area contributed by atoms with Crippen LogP contribution in [0.15, 0.2) is 29.1 Å². The minimum Gasteiger partial charge on any atom is -0.305 e. The van der Waals surface area contributed by atoms with Crippen LogP contribution in [0.25, 0.3) is 21.5 Å². The lowest BCUT2D eigenvalue weighted by molar-refractivity contribution is 0.630. The molecule has 2 heterocycles. The van der Waals surface area contributed by atoms with Crippen LogP contribution in [-0.2, 0) is 12.8 Å². The number of benzene rings is 1. The van der Waals surface area contributed by atoms with Gasteiger partial charge < -0.3 is 4.98 Å². The van der Waals surface area contributed by atoms with Gasteiger partial charge in [0, 0.05) is 15.8 Å². The first-order valence-electron chi connectivity index (χ1n) is 7.03. The number of hydrogen-bond acceptors (Lipinski definition) is 3. The second-order valence-electron chi connectivity index (χ2n) is 5.29. The van der Waals surface area contributed by atoms with Crippen LogP contribution in [0.2, 0.25) is 0 Å². The molecule has 0 spiro atoms. The van der Waals surface area contributed by atoms with Gasteiger partial charge in [-0.2, -0.15) is 4.98 Å². The van der Waals surface area contributed by atoms with Crippen molar-refractivity contribution < 1.29 is 4.39 Å². The van der Waals surface area contributed by atoms with E-state index in [1.54, 1.807) is 29.5 Å². The molecule has 0 aliphatic heterocycles. The first kappa shape index (κ1) is 12.7. The molecule has 1 aliphatic rings. The molecule has 5 heteroatoms. The Kier molecular flexibility index (Phi) is 2.89. The van der Waals surface area contributed by atoms with E-state index in [4.69, 9.17) is 0 Å². The van der Waals surface area contributed by atoms with Crippen molar-refractivity contribution in [2.45, 2.75) is 25.7 Å². The smallest absolute Gasteiger partial charge is 0.305 e. The molecule has 3 nitrogen and oxygen atoms in total. The van der Waals surface area contributed by atoms with Gasteiger partial charge in [-0.3, -0.25) is 0 Å². The van der Waals surface area contributed by atoms with E-state index in [2.05, 4.69) is 9.97 Å². The average molecular weight is 300 g/mol. The summed E-state index contributed by atoms with van der Waals surface area (Å²) >= 11 is 1.58. The van der Waals surface area contributed by atoms with Crippen molar-refractivity contribution in [3.05, 3.63) is 51.0 Å². The second-order valence-corrected chi connectivity index (χ2v) is 6.37. The van der Waals surface area contributed by atoms with Crippen LogP contribution in [-0.4, -0.2) is 9.97 Å². The Morgan fingerprint density at radius 2 is 2.00 bits per heavy atom. The van der Waals surface area contributed by atoms with E-state index in [-0.39, 0.29) is 5.82 Å². The van der Waals surface area contributed by atoms with Gasteiger partial charge in [-0.1, -0.05) is 12.1 Å². The Morgan fingerprint density at radius 3 is 2.86 bits per heavy atom. The molecule has 1 aliphatic carbocycles. The molecule has 0 atom stereocenters. The van der Waals surface area contributed by atoms with E-state index < -0.39 is 5.69 Å². The lowest BCUT2D eigenvalue weighted by Crippen LogP contribution is -2.11. The number of halogens is 1. The number of fused-ring (bicyclic) bond motifs is 3. The van der Waals surface area contributed by atoms with Gasteiger partial charge in [-0.25, -0.2) is 9.18 Å². The van der Waals surface area contributed by atoms with Crippen LogP contribution in [0.1, 0.15) is 23.3 Å². The van der Waals surface area contributed by atoms with Crippen molar-refractivity contribution >= 4 is 21.6 Å². The van der Waals surface area contributed by atoms with E-state index in [9.17, 15) is 9.18 Å². The highest BCUT2D eigenvalue weighted by atomic mass is 32.1. The summed E-state index contributed by atoms with van der Waals surface area (Å²) in [7, 11) is 0. The summed E-state index contributed by atoms with van der Waals surface area (Å²) in [5, 5.41) is 0.930. The van der Waals surface area contributed by atoms with Gasteiger partial charge in [0.15, 0.2) is 0 Å². The van der Waals surface area contributed by atoms with E-state index >= 15 is 0 Å². The summed E-state index contributed by atoms with van der Waals surface area (Å²) in [5.74, 6) is -0.323. The van der Waals surface area contributed by atoms with Crippen LogP contribution in [0.4, 0.5) is 4.39 Å². The lowest BCUT2D eigenvalue weighted by Gasteiger charge is -2.12. The molecule has 0 bridgehead atoms. The number of hydrogen-bond donors (Lipinski definition) is 1. The highest BCUT2D eigenvalue weighted by Crippen LogP contribution is 2.39. The monoisotopic (exact) mass is 300 g/mol. The van der Waals surface area contributed by atoms with Crippen molar-refractivity contribution in [2.24, 2.45) is 0 Å². The van der Waals surface area contributed by atoms with Crippen molar-refractivity contribution in [3.8, 4) is 11.3 Å². The number of rotatable bonds is 1. The number of aromatic amines is 1. The number of aromatic nitrogens is 2. The summed E-state index contributed by atoms with van der Waals surface area (Å²) < 4.78 is 14.1. The Balaban J connectivity index is 2.11. The summed E-state index contributed by atoms with van der Waals surface area (Å²) in [5.41, 5.74) is 1.83. The van der Waals surface area contributed by atoms with Gasteiger partial charge in [-0.15, -0.1) is 11.3 Å². The molecule has 21 heavy (non-hydrogen) atoms. The van der Waals surface area contributed by atoms with Crippen LogP contribution >= 0.6 is 11.3 Å². The molecule has 0 radical (unpaired) electrons. The molecule has 0 amide bonds. The van der Waals surface area contributed by atoms with Crippen molar-refractivity contribution in [1.29, 1.82) is 0 Å². The molecular weight excluding hydrogens is 287 g/mol. The highest BCUT2D eigenvalue weighted by molar-refractivity contribution is 7.18. The maximum absolute atomic E-state index is 14.1. The SMILES string of the molecule is O=c1nc2sc3c(c2c(-c2ccccc2F)[nH]1)CCCC3. The Bertz CT molecular complexity index is 897. The topological polar surface area (TPSA) is 45.8 Å². The number of aryl methyl sites for hydroxylation is 2.